The first-order valence-corrected chi connectivity index (χ1v) is 14.1. The van der Waals surface area contributed by atoms with Gasteiger partial charge in [-0.2, -0.15) is 0 Å². The Balaban J connectivity index is 1.64. The predicted molar refractivity (Wildman–Crippen MR) is 135 cm³/mol. The molecule has 4 saturated carbocycles. The van der Waals surface area contributed by atoms with Gasteiger partial charge in [0.1, 0.15) is 0 Å². The molecule has 5 nitrogen and oxygen atoms in total. The van der Waals surface area contributed by atoms with E-state index in [0.29, 0.717) is 37.0 Å². The van der Waals surface area contributed by atoms with E-state index in [0.717, 1.165) is 32.1 Å². The maximum atomic E-state index is 12.8. The van der Waals surface area contributed by atoms with Gasteiger partial charge < -0.3 is 20.4 Å². The minimum atomic E-state index is -0.711. The summed E-state index contributed by atoms with van der Waals surface area (Å²) >= 11 is 0. The van der Waals surface area contributed by atoms with Crippen molar-refractivity contribution in [1.29, 1.82) is 0 Å². The van der Waals surface area contributed by atoms with Crippen LogP contribution in [0.3, 0.4) is 0 Å². The molecule has 4 N–H and O–H groups in total. The molecular weight excluding hydrogens is 440 g/mol. The first-order chi connectivity index (χ1) is 16.2. The lowest BCUT2D eigenvalue weighted by atomic mass is 9.33. The highest BCUT2D eigenvalue weighted by Crippen LogP contribution is 2.75. The van der Waals surface area contributed by atoms with Gasteiger partial charge in [-0.05, 0) is 91.3 Å². The molecule has 35 heavy (non-hydrogen) atoms. The number of carboxylic acids is 1. The summed E-state index contributed by atoms with van der Waals surface area (Å²) in [6.07, 6.45) is 7.57. The van der Waals surface area contributed by atoms with Crippen molar-refractivity contribution < 1.29 is 25.2 Å². The van der Waals surface area contributed by atoms with E-state index in [4.69, 9.17) is 0 Å². The highest BCUT2D eigenvalue weighted by atomic mass is 16.4. The molecule has 0 saturated heterocycles. The maximum absolute atomic E-state index is 12.8. The number of carboxylic acid groups (broad SMARTS) is 1. The van der Waals surface area contributed by atoms with Gasteiger partial charge >= 0.3 is 5.97 Å². The molecule has 5 aliphatic rings. The number of hydrogen-bond acceptors (Lipinski definition) is 4. The number of hydrogen-bond donors (Lipinski definition) is 4. The van der Waals surface area contributed by atoms with Crippen molar-refractivity contribution in [3.05, 3.63) is 11.6 Å². The zero-order valence-electron chi connectivity index (χ0n) is 22.7. The molecule has 0 unspecified atom stereocenters. The van der Waals surface area contributed by atoms with Crippen LogP contribution < -0.4 is 0 Å². The van der Waals surface area contributed by atoms with Gasteiger partial charge in [0, 0.05) is 11.3 Å². The van der Waals surface area contributed by atoms with E-state index in [1.165, 1.54) is 5.57 Å². The molecule has 198 valence electrons. The van der Waals surface area contributed by atoms with Crippen molar-refractivity contribution in [2.24, 2.45) is 56.7 Å². The van der Waals surface area contributed by atoms with Crippen molar-refractivity contribution in [3.8, 4) is 0 Å². The van der Waals surface area contributed by atoms with Crippen LogP contribution in [0.1, 0.15) is 92.9 Å². The third-order valence-electron chi connectivity index (χ3n) is 13.4. The van der Waals surface area contributed by atoms with Gasteiger partial charge in [0.05, 0.1) is 24.2 Å². The Morgan fingerprint density at radius 2 is 1.71 bits per heavy atom. The van der Waals surface area contributed by atoms with Gasteiger partial charge in [-0.25, -0.2) is 0 Å². The third kappa shape index (κ3) is 2.95. The standard InChI is InChI=1S/C30H48O5/c1-17-9-12-30(25(34)35)14-13-28(5)19(23(30)18(17)2)7-8-21-26(3)11-10-22(33)27(4,16-31)24(26)20(32)15-29(21,28)6/h7,17-18,20-24,31-33H,8-16H2,1-6H3,(H,34,35)/t17-,18+,20-,21-,22-,23+,24-,26-,27+,28-,29-,30+/m1/s1. The van der Waals surface area contributed by atoms with E-state index in [-0.39, 0.29) is 34.7 Å². The molecule has 12 atom stereocenters. The number of aliphatic hydroxyl groups excluding tert-OH is 3. The van der Waals surface area contributed by atoms with Gasteiger partial charge in [0.2, 0.25) is 0 Å². The number of carbonyl (C=O) groups is 1. The number of aliphatic carboxylic acids is 1. The van der Waals surface area contributed by atoms with Crippen LogP contribution in [0.5, 0.6) is 0 Å². The fraction of sp³-hybridized carbons (Fsp3) is 0.900. The molecule has 0 amide bonds. The van der Waals surface area contributed by atoms with Gasteiger partial charge in [0.15, 0.2) is 0 Å². The lowest BCUT2D eigenvalue weighted by molar-refractivity contribution is -0.252. The first-order valence-electron chi connectivity index (χ1n) is 14.1. The molecule has 0 aromatic rings. The zero-order valence-corrected chi connectivity index (χ0v) is 22.7. The van der Waals surface area contributed by atoms with E-state index in [1.807, 2.05) is 6.92 Å². The third-order valence-corrected chi connectivity index (χ3v) is 13.4. The van der Waals surface area contributed by atoms with Crippen LogP contribution in [0.4, 0.5) is 0 Å². The molecule has 4 fully saturated rings. The van der Waals surface area contributed by atoms with E-state index in [1.54, 1.807) is 0 Å². The van der Waals surface area contributed by atoms with Crippen molar-refractivity contribution in [1.82, 2.24) is 0 Å². The molecule has 0 spiro atoms. The summed E-state index contributed by atoms with van der Waals surface area (Å²) in [5.74, 6) is 0.432. The molecule has 0 aliphatic heterocycles. The SMILES string of the molecule is C[C@H]1[C@H](C)CC[C@]2(C(=O)O)CC[C@]3(C)C(=CC[C@@H]4[C@@]5(C)CC[C@@H](O)[C@](C)(CO)[C@@H]5[C@H](O)C[C@]43C)[C@H]12. The second kappa shape index (κ2) is 7.80. The number of allylic oxidation sites excluding steroid dienone is 2. The Kier molecular flexibility index (Phi) is 5.73. The summed E-state index contributed by atoms with van der Waals surface area (Å²) in [6.45, 7) is 13.5. The van der Waals surface area contributed by atoms with Gasteiger partial charge in [0.25, 0.3) is 0 Å². The molecule has 0 aromatic carbocycles. The van der Waals surface area contributed by atoms with Crippen LogP contribution in [0.2, 0.25) is 0 Å². The van der Waals surface area contributed by atoms with Crippen LogP contribution in [-0.4, -0.2) is 45.2 Å². The summed E-state index contributed by atoms with van der Waals surface area (Å²) in [6, 6.07) is 0. The van der Waals surface area contributed by atoms with Crippen LogP contribution in [0.25, 0.3) is 0 Å². The van der Waals surface area contributed by atoms with E-state index in [2.05, 4.69) is 40.7 Å². The maximum Gasteiger partial charge on any atom is 0.310 e. The smallest absolute Gasteiger partial charge is 0.310 e. The van der Waals surface area contributed by atoms with Crippen molar-refractivity contribution in [2.75, 3.05) is 6.61 Å². The number of aliphatic hydroxyl groups is 3. The topological polar surface area (TPSA) is 98.0 Å². The molecule has 0 radical (unpaired) electrons. The monoisotopic (exact) mass is 488 g/mol. The van der Waals surface area contributed by atoms with Crippen molar-refractivity contribution >= 4 is 5.97 Å². The minimum absolute atomic E-state index is 0.0545. The highest BCUT2D eigenvalue weighted by molar-refractivity contribution is 5.76. The van der Waals surface area contributed by atoms with E-state index in [9.17, 15) is 25.2 Å². The molecule has 5 aliphatic carbocycles. The van der Waals surface area contributed by atoms with Crippen molar-refractivity contribution in [2.45, 2.75) is 105 Å². The second-order valence-corrected chi connectivity index (χ2v) is 14.5. The normalized spacial score (nSPS) is 57.7. The average Bonchev–Trinajstić information content (AvgIpc) is 2.79. The Morgan fingerprint density at radius 1 is 1.03 bits per heavy atom. The van der Waals surface area contributed by atoms with Crippen LogP contribution in [0, 0.1) is 56.7 Å². The van der Waals surface area contributed by atoms with E-state index >= 15 is 0 Å². The van der Waals surface area contributed by atoms with E-state index < -0.39 is 29.0 Å². The molecule has 0 bridgehead atoms. The highest BCUT2D eigenvalue weighted by Gasteiger charge is 2.71. The van der Waals surface area contributed by atoms with Gasteiger partial charge in [-0.3, -0.25) is 4.79 Å². The second-order valence-electron chi connectivity index (χ2n) is 14.5. The largest absolute Gasteiger partial charge is 0.481 e. The van der Waals surface area contributed by atoms with Crippen LogP contribution in [0.15, 0.2) is 11.6 Å². The van der Waals surface area contributed by atoms with Gasteiger partial charge in [-0.1, -0.05) is 53.2 Å². The summed E-state index contributed by atoms with van der Waals surface area (Å²) in [7, 11) is 0. The quantitative estimate of drug-likeness (QED) is 0.409. The van der Waals surface area contributed by atoms with Gasteiger partial charge in [-0.15, -0.1) is 0 Å². The minimum Gasteiger partial charge on any atom is -0.481 e. The fourth-order valence-electron chi connectivity index (χ4n) is 11.0. The van der Waals surface area contributed by atoms with Crippen LogP contribution in [-0.2, 0) is 4.79 Å². The molecule has 0 aromatic heterocycles. The predicted octanol–water partition coefficient (Wildman–Crippen LogP) is 5.03. The summed E-state index contributed by atoms with van der Waals surface area (Å²) < 4.78 is 0. The summed E-state index contributed by atoms with van der Waals surface area (Å²) in [4.78, 5) is 12.8. The number of fused-ring (bicyclic) bond motifs is 7. The Morgan fingerprint density at radius 3 is 2.34 bits per heavy atom. The fourth-order valence-corrected chi connectivity index (χ4v) is 11.0. The Hall–Kier alpha value is -0.910. The van der Waals surface area contributed by atoms with Crippen molar-refractivity contribution in [3.63, 3.8) is 0 Å². The Labute approximate surface area is 211 Å². The summed E-state index contributed by atoms with van der Waals surface area (Å²) in [5.41, 5.74) is -0.529. The molecule has 0 heterocycles. The average molecular weight is 489 g/mol. The Bertz CT molecular complexity index is 930. The molecule has 5 heteroatoms. The summed E-state index contributed by atoms with van der Waals surface area (Å²) in [5, 5.41) is 43.7. The number of rotatable bonds is 2. The molecule has 5 rings (SSSR count). The first kappa shape index (κ1) is 25.7. The molecular formula is C30H48O5. The zero-order chi connectivity index (χ0) is 25.8. The lowest BCUT2D eigenvalue weighted by Crippen LogP contribution is -2.69. The lowest BCUT2D eigenvalue weighted by Gasteiger charge is -2.72. The van der Waals surface area contributed by atoms with Crippen LogP contribution >= 0.6 is 0 Å².